The zero-order valence-electron chi connectivity index (χ0n) is 10.4. The summed E-state index contributed by atoms with van der Waals surface area (Å²) in [5, 5.41) is 4.61. The molecule has 1 aliphatic heterocycles. The summed E-state index contributed by atoms with van der Waals surface area (Å²) < 4.78 is 0. The molecule has 92 valence electrons. The molecule has 1 aliphatic rings. The maximum absolute atomic E-state index is 4.63. The van der Waals surface area contributed by atoms with Crippen LogP contribution in [0.5, 0.6) is 0 Å². The standard InChI is InChI=1S/C13H19N3S/c1-10(2)12-5-8-17-13(16-12)15-9-11-3-6-14-7-4-11/h3-4,6-7,10,12H,5,8-9H2,1-2H3,(H,15,16). The molecule has 0 spiro atoms. The number of aromatic nitrogens is 1. The number of rotatable bonds is 3. The van der Waals surface area contributed by atoms with Crippen LogP contribution < -0.4 is 5.32 Å². The highest BCUT2D eigenvalue weighted by molar-refractivity contribution is 8.13. The predicted octanol–water partition coefficient (Wildman–Crippen LogP) is 2.69. The van der Waals surface area contributed by atoms with E-state index in [9.17, 15) is 0 Å². The Morgan fingerprint density at radius 1 is 1.47 bits per heavy atom. The fourth-order valence-corrected chi connectivity index (χ4v) is 2.75. The molecule has 0 aromatic carbocycles. The van der Waals surface area contributed by atoms with Gasteiger partial charge in [0.2, 0.25) is 0 Å². The molecule has 1 N–H and O–H groups in total. The van der Waals surface area contributed by atoms with Gasteiger partial charge in [-0.25, -0.2) is 0 Å². The van der Waals surface area contributed by atoms with E-state index in [-0.39, 0.29) is 0 Å². The molecule has 0 amide bonds. The van der Waals surface area contributed by atoms with Crippen LogP contribution in [0.25, 0.3) is 0 Å². The van der Waals surface area contributed by atoms with Crippen molar-refractivity contribution in [1.29, 1.82) is 0 Å². The van der Waals surface area contributed by atoms with Gasteiger partial charge in [0.1, 0.15) is 0 Å². The molecule has 1 atom stereocenters. The maximum Gasteiger partial charge on any atom is 0.157 e. The van der Waals surface area contributed by atoms with Crippen LogP contribution in [0.2, 0.25) is 0 Å². The number of hydrogen-bond donors (Lipinski definition) is 1. The average Bonchev–Trinajstić information content (AvgIpc) is 2.38. The van der Waals surface area contributed by atoms with Crippen molar-refractivity contribution in [1.82, 2.24) is 10.3 Å². The average molecular weight is 249 g/mol. The second-order valence-electron chi connectivity index (χ2n) is 4.61. The summed E-state index contributed by atoms with van der Waals surface area (Å²) in [6.45, 7) is 5.25. The largest absolute Gasteiger partial charge is 0.362 e. The molecule has 17 heavy (non-hydrogen) atoms. The fraction of sp³-hybridized carbons (Fsp3) is 0.538. The van der Waals surface area contributed by atoms with Crippen molar-refractivity contribution in [3.05, 3.63) is 30.1 Å². The molecular weight excluding hydrogens is 230 g/mol. The highest BCUT2D eigenvalue weighted by Crippen LogP contribution is 2.19. The van der Waals surface area contributed by atoms with Crippen LogP contribution in [-0.2, 0) is 6.54 Å². The number of pyridine rings is 1. The van der Waals surface area contributed by atoms with Gasteiger partial charge in [-0.15, -0.1) is 0 Å². The van der Waals surface area contributed by atoms with Crippen LogP contribution in [0.1, 0.15) is 25.8 Å². The number of nitrogens with zero attached hydrogens (tertiary/aromatic N) is 2. The molecule has 1 fully saturated rings. The minimum Gasteiger partial charge on any atom is -0.362 e. The summed E-state index contributed by atoms with van der Waals surface area (Å²) in [5.74, 6) is 1.84. The lowest BCUT2D eigenvalue weighted by Crippen LogP contribution is -2.41. The Labute approximate surface area is 107 Å². The van der Waals surface area contributed by atoms with Gasteiger partial charge in [-0.3, -0.25) is 9.98 Å². The van der Waals surface area contributed by atoms with E-state index in [1.165, 1.54) is 17.7 Å². The lowest BCUT2D eigenvalue weighted by molar-refractivity contribution is 0.442. The fourth-order valence-electron chi connectivity index (χ4n) is 1.80. The summed E-state index contributed by atoms with van der Waals surface area (Å²) in [5.41, 5.74) is 1.21. The van der Waals surface area contributed by atoms with Crippen molar-refractivity contribution in [2.24, 2.45) is 10.9 Å². The van der Waals surface area contributed by atoms with Crippen LogP contribution in [0.3, 0.4) is 0 Å². The number of amidine groups is 1. The molecule has 0 aliphatic carbocycles. The number of thioether (sulfide) groups is 1. The molecule has 1 aromatic rings. The Morgan fingerprint density at radius 3 is 2.94 bits per heavy atom. The highest BCUT2D eigenvalue weighted by atomic mass is 32.2. The van der Waals surface area contributed by atoms with Crippen molar-refractivity contribution in [2.75, 3.05) is 5.75 Å². The maximum atomic E-state index is 4.63. The van der Waals surface area contributed by atoms with Gasteiger partial charge < -0.3 is 5.32 Å². The lowest BCUT2D eigenvalue weighted by Gasteiger charge is -2.28. The van der Waals surface area contributed by atoms with Gasteiger partial charge in [0.05, 0.1) is 6.54 Å². The Morgan fingerprint density at radius 2 is 2.24 bits per heavy atom. The molecule has 1 unspecified atom stereocenters. The van der Waals surface area contributed by atoms with E-state index in [0.717, 1.165) is 11.7 Å². The quantitative estimate of drug-likeness (QED) is 0.895. The number of hydrogen-bond acceptors (Lipinski definition) is 3. The highest BCUT2D eigenvalue weighted by Gasteiger charge is 2.19. The second-order valence-corrected chi connectivity index (χ2v) is 5.69. The topological polar surface area (TPSA) is 37.3 Å². The summed E-state index contributed by atoms with van der Waals surface area (Å²) >= 11 is 1.83. The monoisotopic (exact) mass is 249 g/mol. The summed E-state index contributed by atoms with van der Waals surface area (Å²) in [6, 6.07) is 4.60. The van der Waals surface area contributed by atoms with Gasteiger partial charge in [-0.05, 0) is 30.0 Å². The molecule has 2 rings (SSSR count). The van der Waals surface area contributed by atoms with Crippen molar-refractivity contribution < 1.29 is 0 Å². The van der Waals surface area contributed by atoms with Gasteiger partial charge in [0.15, 0.2) is 5.17 Å². The van der Waals surface area contributed by atoms with E-state index in [2.05, 4.69) is 29.1 Å². The van der Waals surface area contributed by atoms with E-state index >= 15 is 0 Å². The zero-order valence-corrected chi connectivity index (χ0v) is 11.2. The minimum atomic E-state index is 0.576. The first-order valence-electron chi connectivity index (χ1n) is 6.08. The first-order valence-corrected chi connectivity index (χ1v) is 7.07. The molecule has 0 bridgehead atoms. The molecule has 0 saturated carbocycles. The van der Waals surface area contributed by atoms with E-state index in [1.54, 1.807) is 0 Å². The van der Waals surface area contributed by atoms with Gasteiger partial charge >= 0.3 is 0 Å². The molecule has 2 heterocycles. The van der Waals surface area contributed by atoms with Crippen molar-refractivity contribution in [3.63, 3.8) is 0 Å². The van der Waals surface area contributed by atoms with Crippen LogP contribution in [0.4, 0.5) is 0 Å². The lowest BCUT2D eigenvalue weighted by atomic mass is 10.0. The third kappa shape index (κ3) is 3.73. The number of nitrogens with one attached hydrogen (secondary N) is 1. The predicted molar refractivity (Wildman–Crippen MR) is 74.2 cm³/mol. The third-order valence-corrected chi connectivity index (χ3v) is 3.90. The minimum absolute atomic E-state index is 0.576. The molecule has 3 nitrogen and oxygen atoms in total. The third-order valence-electron chi connectivity index (χ3n) is 2.94. The van der Waals surface area contributed by atoms with Crippen molar-refractivity contribution >= 4 is 16.9 Å². The summed E-state index contributed by atoms with van der Waals surface area (Å²) in [4.78, 5) is 8.63. The van der Waals surface area contributed by atoms with E-state index < -0.39 is 0 Å². The molecule has 0 radical (unpaired) electrons. The van der Waals surface area contributed by atoms with Crippen molar-refractivity contribution in [3.8, 4) is 0 Å². The molecule has 4 heteroatoms. The van der Waals surface area contributed by atoms with Gasteiger partial charge in [-0.1, -0.05) is 25.6 Å². The summed E-state index contributed by atoms with van der Waals surface area (Å²) in [7, 11) is 0. The Kier molecular flexibility index (Phi) is 4.42. The normalized spacial score (nSPS) is 22.8. The van der Waals surface area contributed by atoms with Gasteiger partial charge in [0.25, 0.3) is 0 Å². The van der Waals surface area contributed by atoms with Crippen molar-refractivity contribution in [2.45, 2.75) is 32.9 Å². The van der Waals surface area contributed by atoms with Crippen LogP contribution in [0, 0.1) is 5.92 Å². The van der Waals surface area contributed by atoms with E-state index in [0.29, 0.717) is 12.0 Å². The Hall–Kier alpha value is -1.03. The Balaban J connectivity index is 1.93. The van der Waals surface area contributed by atoms with Crippen LogP contribution in [0.15, 0.2) is 29.5 Å². The molecular formula is C13H19N3S. The number of aliphatic imine (C=N–C) groups is 1. The molecule has 1 saturated heterocycles. The SMILES string of the molecule is CC(C)C1CCSC(=NCc2ccncc2)N1. The van der Waals surface area contributed by atoms with E-state index in [1.807, 2.05) is 36.3 Å². The smallest absolute Gasteiger partial charge is 0.157 e. The van der Waals surface area contributed by atoms with E-state index in [4.69, 9.17) is 0 Å². The zero-order chi connectivity index (χ0) is 12.1. The van der Waals surface area contributed by atoms with Gasteiger partial charge in [0, 0.05) is 24.2 Å². The van der Waals surface area contributed by atoms with Crippen LogP contribution in [-0.4, -0.2) is 21.9 Å². The molecule has 1 aromatic heterocycles. The summed E-state index contributed by atoms with van der Waals surface area (Å²) in [6.07, 6.45) is 4.86. The first-order chi connectivity index (χ1) is 8.25. The first kappa shape index (κ1) is 12.4. The van der Waals surface area contributed by atoms with Gasteiger partial charge in [-0.2, -0.15) is 0 Å². The van der Waals surface area contributed by atoms with Crippen LogP contribution >= 0.6 is 11.8 Å². The second kappa shape index (κ2) is 6.05. The Bertz CT molecular complexity index is 376.